The Bertz CT molecular complexity index is 912. The monoisotopic (exact) mass is 339 g/mol. The molecule has 0 radical (unpaired) electrons. The predicted octanol–water partition coefficient (Wildman–Crippen LogP) is 2.21. The van der Waals surface area contributed by atoms with E-state index in [-0.39, 0.29) is 11.7 Å². The summed E-state index contributed by atoms with van der Waals surface area (Å²) in [4.78, 5) is 16.6. The molecule has 0 saturated carbocycles. The van der Waals surface area contributed by atoms with Crippen molar-refractivity contribution in [1.82, 2.24) is 24.6 Å². The molecule has 25 heavy (non-hydrogen) atoms. The normalized spacial score (nSPS) is 12.4. The highest BCUT2D eigenvalue weighted by molar-refractivity contribution is 5.92. The van der Waals surface area contributed by atoms with Gasteiger partial charge >= 0.3 is 0 Å². The fourth-order valence-corrected chi connectivity index (χ4v) is 2.53. The van der Waals surface area contributed by atoms with Gasteiger partial charge in [-0.05, 0) is 23.8 Å². The molecule has 0 aliphatic rings. The Morgan fingerprint density at radius 3 is 2.84 bits per heavy atom. The molecular formula is C18H18FN5O. The zero-order valence-corrected chi connectivity index (χ0v) is 13.9. The summed E-state index contributed by atoms with van der Waals surface area (Å²) < 4.78 is 17.1. The van der Waals surface area contributed by atoms with Crippen LogP contribution in [0.3, 0.4) is 0 Å². The van der Waals surface area contributed by atoms with Crippen molar-refractivity contribution in [3.63, 3.8) is 0 Å². The van der Waals surface area contributed by atoms with Crippen molar-refractivity contribution in [2.75, 3.05) is 0 Å². The van der Waals surface area contributed by atoms with E-state index < -0.39 is 6.04 Å². The van der Waals surface area contributed by atoms with Gasteiger partial charge in [0.25, 0.3) is 0 Å². The number of carbonyl (C=O) groups excluding carboxylic acids is 1. The molecule has 128 valence electrons. The van der Waals surface area contributed by atoms with Gasteiger partial charge in [-0.3, -0.25) is 9.48 Å². The Morgan fingerprint density at radius 2 is 2.20 bits per heavy atom. The van der Waals surface area contributed by atoms with Gasteiger partial charge in [-0.2, -0.15) is 5.10 Å². The van der Waals surface area contributed by atoms with Crippen LogP contribution in [0.1, 0.15) is 23.0 Å². The summed E-state index contributed by atoms with van der Waals surface area (Å²) in [6.07, 6.45) is 9.97. The molecule has 0 unspecified atom stereocenters. The van der Waals surface area contributed by atoms with Crippen LogP contribution in [0.4, 0.5) is 4.39 Å². The highest BCUT2D eigenvalue weighted by Gasteiger charge is 2.20. The number of aryl methyl sites for hydroxylation is 2. The number of benzene rings is 1. The first-order valence-electron chi connectivity index (χ1n) is 7.73. The fraction of sp³-hybridized carbons (Fsp3) is 0.167. The second-order valence-electron chi connectivity index (χ2n) is 5.67. The second-order valence-corrected chi connectivity index (χ2v) is 5.67. The molecule has 0 saturated heterocycles. The van der Waals surface area contributed by atoms with Gasteiger partial charge in [0, 0.05) is 44.3 Å². The van der Waals surface area contributed by atoms with Crippen molar-refractivity contribution in [2.45, 2.75) is 6.04 Å². The number of imidazole rings is 1. The number of carbonyl (C=O) groups is 1. The Morgan fingerprint density at radius 1 is 1.36 bits per heavy atom. The maximum Gasteiger partial charge on any atom is 0.244 e. The molecular weight excluding hydrogens is 321 g/mol. The van der Waals surface area contributed by atoms with Crippen LogP contribution in [0, 0.1) is 5.82 Å². The highest BCUT2D eigenvalue weighted by atomic mass is 19.1. The van der Waals surface area contributed by atoms with Gasteiger partial charge < -0.3 is 9.88 Å². The molecule has 2 aromatic heterocycles. The first kappa shape index (κ1) is 16.6. The van der Waals surface area contributed by atoms with E-state index in [0.717, 1.165) is 5.56 Å². The lowest BCUT2D eigenvalue weighted by molar-refractivity contribution is -0.117. The van der Waals surface area contributed by atoms with E-state index in [0.29, 0.717) is 11.4 Å². The zero-order chi connectivity index (χ0) is 17.8. The van der Waals surface area contributed by atoms with E-state index in [9.17, 15) is 9.18 Å². The third kappa shape index (κ3) is 4.00. The Balaban J connectivity index is 1.84. The van der Waals surface area contributed by atoms with Crippen LogP contribution in [0.2, 0.25) is 0 Å². The van der Waals surface area contributed by atoms with E-state index in [4.69, 9.17) is 0 Å². The van der Waals surface area contributed by atoms with Crippen LogP contribution in [0.15, 0.2) is 55.1 Å². The average Bonchev–Trinajstić information content (AvgIpc) is 3.19. The van der Waals surface area contributed by atoms with E-state index in [1.807, 2.05) is 7.05 Å². The first-order chi connectivity index (χ1) is 12.0. The topological polar surface area (TPSA) is 64.7 Å². The van der Waals surface area contributed by atoms with E-state index in [1.54, 1.807) is 59.3 Å². The fourth-order valence-electron chi connectivity index (χ4n) is 2.53. The number of nitrogens with one attached hydrogen (secondary N) is 1. The van der Waals surface area contributed by atoms with Crippen molar-refractivity contribution in [1.29, 1.82) is 0 Å². The Labute approximate surface area is 144 Å². The van der Waals surface area contributed by atoms with Crippen molar-refractivity contribution in [3.8, 4) is 0 Å². The lowest BCUT2D eigenvalue weighted by atomic mass is 10.1. The van der Waals surface area contributed by atoms with Crippen LogP contribution in [0.5, 0.6) is 0 Å². The maximum atomic E-state index is 13.6. The number of halogens is 1. The number of hydrogen-bond acceptors (Lipinski definition) is 3. The second kappa shape index (κ2) is 7.12. The minimum atomic E-state index is -0.554. The van der Waals surface area contributed by atoms with Gasteiger partial charge in [-0.25, -0.2) is 9.37 Å². The molecule has 0 aliphatic carbocycles. The molecule has 7 heteroatoms. The number of nitrogens with zero attached hydrogens (tertiary/aromatic N) is 4. The summed E-state index contributed by atoms with van der Waals surface area (Å²) in [6, 6.07) is 5.57. The molecule has 1 amide bonds. The van der Waals surface area contributed by atoms with Crippen LogP contribution >= 0.6 is 0 Å². The summed E-state index contributed by atoms with van der Waals surface area (Å²) >= 11 is 0. The molecule has 2 heterocycles. The number of rotatable bonds is 5. The van der Waals surface area contributed by atoms with Crippen LogP contribution in [0.25, 0.3) is 6.08 Å². The van der Waals surface area contributed by atoms with E-state index in [1.165, 1.54) is 18.2 Å². The molecule has 3 rings (SSSR count). The van der Waals surface area contributed by atoms with E-state index >= 15 is 0 Å². The van der Waals surface area contributed by atoms with Gasteiger partial charge in [-0.1, -0.05) is 12.1 Å². The van der Waals surface area contributed by atoms with Crippen molar-refractivity contribution >= 4 is 12.0 Å². The van der Waals surface area contributed by atoms with Gasteiger partial charge in [0.2, 0.25) is 5.91 Å². The largest absolute Gasteiger partial charge is 0.339 e. The molecule has 1 aromatic carbocycles. The third-order valence-corrected chi connectivity index (χ3v) is 3.74. The molecule has 6 nitrogen and oxygen atoms in total. The molecule has 0 spiro atoms. The number of aromatic nitrogens is 4. The molecule has 1 atom stereocenters. The predicted molar refractivity (Wildman–Crippen MR) is 91.8 cm³/mol. The van der Waals surface area contributed by atoms with Crippen LogP contribution in [-0.2, 0) is 18.9 Å². The highest BCUT2D eigenvalue weighted by Crippen LogP contribution is 2.21. The van der Waals surface area contributed by atoms with Crippen molar-refractivity contribution < 1.29 is 9.18 Å². The van der Waals surface area contributed by atoms with Crippen molar-refractivity contribution in [2.24, 2.45) is 14.1 Å². The maximum absolute atomic E-state index is 13.6. The minimum Gasteiger partial charge on any atom is -0.339 e. The van der Waals surface area contributed by atoms with Gasteiger partial charge in [-0.15, -0.1) is 0 Å². The van der Waals surface area contributed by atoms with Crippen LogP contribution in [-0.4, -0.2) is 25.2 Å². The lowest BCUT2D eigenvalue weighted by Gasteiger charge is -2.18. The molecule has 0 bridgehead atoms. The quantitative estimate of drug-likeness (QED) is 0.725. The first-order valence-corrected chi connectivity index (χ1v) is 7.73. The summed E-state index contributed by atoms with van der Waals surface area (Å²) in [5.41, 5.74) is 1.44. The number of amides is 1. The zero-order valence-electron chi connectivity index (χ0n) is 13.9. The lowest BCUT2D eigenvalue weighted by Crippen LogP contribution is -2.29. The summed E-state index contributed by atoms with van der Waals surface area (Å²) in [6.45, 7) is 0. The molecule has 0 fully saturated rings. The van der Waals surface area contributed by atoms with Gasteiger partial charge in [0.05, 0.1) is 6.20 Å². The smallest absolute Gasteiger partial charge is 0.244 e. The summed E-state index contributed by atoms with van der Waals surface area (Å²) in [5, 5.41) is 6.92. The standard InChI is InChI=1S/C18H18FN5O/c1-23-9-8-20-18(23)17(14-4-3-5-15(19)10-14)22-16(25)7-6-13-11-21-24(2)12-13/h3-12,17H,1-2H3,(H,22,25)/b7-6+/t17-/m1/s1. The minimum absolute atomic E-state index is 0.305. The van der Waals surface area contributed by atoms with Crippen molar-refractivity contribution in [3.05, 3.63) is 77.9 Å². The Hall–Kier alpha value is -3.22. The molecule has 1 N–H and O–H groups in total. The third-order valence-electron chi connectivity index (χ3n) is 3.74. The van der Waals surface area contributed by atoms with Gasteiger partial charge in [0.15, 0.2) is 0 Å². The Kier molecular flexibility index (Phi) is 4.74. The molecule has 3 aromatic rings. The summed E-state index contributed by atoms with van der Waals surface area (Å²) in [7, 11) is 3.63. The SMILES string of the molecule is Cn1cc(/C=C/C(=O)N[C@H](c2cccc(F)c2)c2nccn2C)cn1. The average molecular weight is 339 g/mol. The van der Waals surface area contributed by atoms with E-state index in [2.05, 4.69) is 15.4 Å². The van der Waals surface area contributed by atoms with Gasteiger partial charge in [0.1, 0.15) is 17.7 Å². The number of hydrogen-bond donors (Lipinski definition) is 1. The summed E-state index contributed by atoms with van der Waals surface area (Å²) in [5.74, 6) is -0.0493. The molecule has 0 aliphatic heterocycles. The van der Waals surface area contributed by atoms with Crippen LogP contribution < -0.4 is 5.32 Å².